The summed E-state index contributed by atoms with van der Waals surface area (Å²) >= 11 is 6.02. The van der Waals surface area contributed by atoms with Gasteiger partial charge in [0.05, 0.1) is 11.6 Å². The Morgan fingerprint density at radius 1 is 1.14 bits per heavy atom. The molecule has 0 saturated carbocycles. The van der Waals surface area contributed by atoms with Gasteiger partial charge in [0.25, 0.3) is 0 Å². The molecule has 106 valence electrons. The zero-order chi connectivity index (χ0) is 14.8. The molecular formula is C17H16ClN3. The van der Waals surface area contributed by atoms with Crippen molar-refractivity contribution in [2.45, 2.75) is 13.0 Å². The van der Waals surface area contributed by atoms with E-state index in [4.69, 9.17) is 17.3 Å². The third-order valence-electron chi connectivity index (χ3n) is 3.54. The Morgan fingerprint density at radius 2 is 1.95 bits per heavy atom. The molecule has 21 heavy (non-hydrogen) atoms. The van der Waals surface area contributed by atoms with Gasteiger partial charge < -0.3 is 11.1 Å². The molecule has 4 heteroatoms. The van der Waals surface area contributed by atoms with Crippen LogP contribution < -0.4 is 11.1 Å². The summed E-state index contributed by atoms with van der Waals surface area (Å²) in [5, 5.41) is 5.23. The van der Waals surface area contributed by atoms with E-state index in [0.717, 1.165) is 27.8 Å². The SMILES string of the molecule is CC(Nc1ccnc2cc(Cl)ccc12)c1ccccc1N. The molecule has 3 nitrogen and oxygen atoms in total. The van der Waals surface area contributed by atoms with Gasteiger partial charge in [0.15, 0.2) is 0 Å². The van der Waals surface area contributed by atoms with Gasteiger partial charge in [0.1, 0.15) is 0 Å². The maximum absolute atomic E-state index is 6.04. The van der Waals surface area contributed by atoms with Crippen LogP contribution in [0.5, 0.6) is 0 Å². The quantitative estimate of drug-likeness (QED) is 0.692. The van der Waals surface area contributed by atoms with Crippen LogP contribution in [-0.4, -0.2) is 4.98 Å². The Bertz CT molecular complexity index is 786. The first-order chi connectivity index (χ1) is 10.1. The molecule has 0 saturated heterocycles. The van der Waals surface area contributed by atoms with Gasteiger partial charge in [-0.25, -0.2) is 0 Å². The van der Waals surface area contributed by atoms with Gasteiger partial charge in [-0.05, 0) is 42.8 Å². The van der Waals surface area contributed by atoms with Crippen molar-refractivity contribution >= 4 is 33.9 Å². The Balaban J connectivity index is 1.97. The molecule has 1 atom stereocenters. The minimum absolute atomic E-state index is 0.104. The molecule has 0 aliphatic carbocycles. The number of rotatable bonds is 3. The molecule has 0 spiro atoms. The predicted molar refractivity (Wildman–Crippen MR) is 89.6 cm³/mol. The number of aromatic nitrogens is 1. The summed E-state index contributed by atoms with van der Waals surface area (Å²) < 4.78 is 0. The molecule has 1 aromatic heterocycles. The van der Waals surface area contributed by atoms with Crippen molar-refractivity contribution in [3.05, 3.63) is 65.3 Å². The van der Waals surface area contributed by atoms with Gasteiger partial charge in [-0.1, -0.05) is 29.8 Å². The van der Waals surface area contributed by atoms with Crippen molar-refractivity contribution in [3.8, 4) is 0 Å². The van der Waals surface area contributed by atoms with E-state index < -0.39 is 0 Å². The fourth-order valence-electron chi connectivity index (χ4n) is 2.46. The Hall–Kier alpha value is -2.26. The molecule has 2 aromatic carbocycles. The predicted octanol–water partition coefficient (Wildman–Crippen LogP) is 4.64. The second-order valence-electron chi connectivity index (χ2n) is 5.01. The van der Waals surface area contributed by atoms with Crippen LogP contribution in [0.2, 0.25) is 5.02 Å². The molecule has 1 heterocycles. The first-order valence-electron chi connectivity index (χ1n) is 6.80. The number of hydrogen-bond acceptors (Lipinski definition) is 3. The smallest absolute Gasteiger partial charge is 0.0737 e. The maximum atomic E-state index is 6.04. The number of nitrogens with zero attached hydrogens (tertiary/aromatic N) is 1. The second-order valence-corrected chi connectivity index (χ2v) is 5.45. The molecule has 0 amide bonds. The van der Waals surface area contributed by atoms with Gasteiger partial charge in [-0.2, -0.15) is 0 Å². The topological polar surface area (TPSA) is 50.9 Å². The van der Waals surface area contributed by atoms with E-state index >= 15 is 0 Å². The summed E-state index contributed by atoms with van der Waals surface area (Å²) in [4.78, 5) is 4.35. The van der Waals surface area contributed by atoms with E-state index in [-0.39, 0.29) is 6.04 Å². The minimum atomic E-state index is 0.104. The van der Waals surface area contributed by atoms with Crippen LogP contribution >= 0.6 is 11.6 Å². The van der Waals surface area contributed by atoms with Gasteiger partial charge in [-0.3, -0.25) is 4.98 Å². The third kappa shape index (κ3) is 2.78. The zero-order valence-corrected chi connectivity index (χ0v) is 12.4. The van der Waals surface area contributed by atoms with Crippen molar-refractivity contribution in [1.29, 1.82) is 0 Å². The van der Waals surface area contributed by atoms with Crippen molar-refractivity contribution < 1.29 is 0 Å². The molecule has 0 bridgehead atoms. The van der Waals surface area contributed by atoms with Crippen molar-refractivity contribution in [2.75, 3.05) is 11.1 Å². The number of nitrogens with one attached hydrogen (secondary N) is 1. The molecule has 0 aliphatic heterocycles. The lowest BCUT2D eigenvalue weighted by atomic mass is 10.1. The summed E-state index contributed by atoms with van der Waals surface area (Å²) in [7, 11) is 0. The average molecular weight is 298 g/mol. The van der Waals surface area contributed by atoms with E-state index in [1.165, 1.54) is 0 Å². The Labute approximate surface area is 128 Å². The summed E-state index contributed by atoms with van der Waals surface area (Å²) in [6.45, 7) is 2.09. The van der Waals surface area contributed by atoms with Gasteiger partial charge >= 0.3 is 0 Å². The number of hydrogen-bond donors (Lipinski definition) is 2. The molecule has 3 rings (SSSR count). The van der Waals surface area contributed by atoms with Crippen molar-refractivity contribution in [2.24, 2.45) is 0 Å². The van der Waals surface area contributed by atoms with Crippen LogP contribution in [0.1, 0.15) is 18.5 Å². The summed E-state index contributed by atoms with van der Waals surface area (Å²) in [6.07, 6.45) is 1.78. The summed E-state index contributed by atoms with van der Waals surface area (Å²) in [5.74, 6) is 0. The Morgan fingerprint density at radius 3 is 2.76 bits per heavy atom. The lowest BCUT2D eigenvalue weighted by Crippen LogP contribution is -2.09. The number of halogens is 1. The highest BCUT2D eigenvalue weighted by Crippen LogP contribution is 2.29. The van der Waals surface area contributed by atoms with E-state index in [2.05, 4.69) is 17.2 Å². The van der Waals surface area contributed by atoms with E-state index in [9.17, 15) is 0 Å². The van der Waals surface area contributed by atoms with Crippen molar-refractivity contribution in [1.82, 2.24) is 4.98 Å². The van der Waals surface area contributed by atoms with Crippen LogP contribution in [-0.2, 0) is 0 Å². The average Bonchev–Trinajstić information content (AvgIpc) is 2.47. The normalized spacial score (nSPS) is 12.3. The van der Waals surface area contributed by atoms with Crippen molar-refractivity contribution in [3.63, 3.8) is 0 Å². The third-order valence-corrected chi connectivity index (χ3v) is 3.77. The monoisotopic (exact) mass is 297 g/mol. The van der Waals surface area contributed by atoms with Gasteiger partial charge in [0.2, 0.25) is 0 Å². The minimum Gasteiger partial charge on any atom is -0.398 e. The molecule has 3 N–H and O–H groups in total. The number of anilines is 2. The van der Waals surface area contributed by atoms with Crippen LogP contribution in [0.25, 0.3) is 10.9 Å². The number of benzene rings is 2. The van der Waals surface area contributed by atoms with Crippen LogP contribution in [0.15, 0.2) is 54.7 Å². The van der Waals surface area contributed by atoms with Crippen LogP contribution in [0, 0.1) is 0 Å². The molecule has 0 radical (unpaired) electrons. The first kappa shape index (κ1) is 13.7. The molecule has 1 unspecified atom stereocenters. The van der Waals surface area contributed by atoms with Crippen LogP contribution in [0.3, 0.4) is 0 Å². The Kier molecular flexibility index (Phi) is 3.67. The highest BCUT2D eigenvalue weighted by atomic mass is 35.5. The number of fused-ring (bicyclic) bond motifs is 1. The highest BCUT2D eigenvalue weighted by Gasteiger charge is 2.10. The second kappa shape index (κ2) is 5.62. The van der Waals surface area contributed by atoms with Crippen LogP contribution in [0.4, 0.5) is 11.4 Å². The van der Waals surface area contributed by atoms with Gasteiger partial charge in [-0.15, -0.1) is 0 Å². The number of pyridine rings is 1. The molecule has 0 aliphatic rings. The number of nitrogen functional groups attached to an aromatic ring is 1. The van der Waals surface area contributed by atoms with Gasteiger partial charge in [0, 0.05) is 28.0 Å². The summed E-state index contributed by atoms with van der Waals surface area (Å²) in [5.41, 5.74) is 9.80. The lowest BCUT2D eigenvalue weighted by Gasteiger charge is -2.18. The fourth-order valence-corrected chi connectivity index (χ4v) is 2.63. The van der Waals surface area contributed by atoms with E-state index in [0.29, 0.717) is 5.02 Å². The highest BCUT2D eigenvalue weighted by molar-refractivity contribution is 6.31. The number of para-hydroxylation sites is 1. The van der Waals surface area contributed by atoms with E-state index in [1.807, 2.05) is 48.5 Å². The lowest BCUT2D eigenvalue weighted by molar-refractivity contribution is 0.890. The summed E-state index contributed by atoms with van der Waals surface area (Å²) in [6, 6.07) is 15.7. The maximum Gasteiger partial charge on any atom is 0.0737 e. The zero-order valence-electron chi connectivity index (χ0n) is 11.7. The first-order valence-corrected chi connectivity index (χ1v) is 7.18. The largest absolute Gasteiger partial charge is 0.398 e. The van der Waals surface area contributed by atoms with E-state index in [1.54, 1.807) is 6.20 Å². The molecular weight excluding hydrogens is 282 g/mol. The number of nitrogens with two attached hydrogens (primary N) is 1. The fraction of sp³-hybridized carbons (Fsp3) is 0.118. The molecule has 3 aromatic rings. The standard InChI is InChI=1S/C17H16ClN3/c1-11(13-4-2-3-5-15(13)19)21-16-8-9-20-17-10-12(18)6-7-14(16)17/h2-11H,19H2,1H3,(H,20,21). The molecule has 0 fully saturated rings.